The summed E-state index contributed by atoms with van der Waals surface area (Å²) in [7, 11) is 0. The van der Waals surface area contributed by atoms with Crippen LogP contribution in [0.3, 0.4) is 0 Å². The lowest BCUT2D eigenvalue weighted by Gasteiger charge is -2.18. The fourth-order valence-corrected chi connectivity index (χ4v) is 3.58. The van der Waals surface area contributed by atoms with Crippen molar-refractivity contribution in [3.8, 4) is 0 Å². The molecule has 0 aliphatic rings. The summed E-state index contributed by atoms with van der Waals surface area (Å²) < 4.78 is 2.34. The predicted octanol–water partition coefficient (Wildman–Crippen LogP) is 3.07. The second kappa shape index (κ2) is 4.67. The minimum absolute atomic E-state index is 0.0785. The number of aromatic nitrogens is 2. The van der Waals surface area contributed by atoms with Crippen molar-refractivity contribution < 1.29 is 0 Å². The maximum absolute atomic E-state index is 5.78. The second-order valence-corrected chi connectivity index (χ2v) is 6.95. The van der Waals surface area contributed by atoms with Gasteiger partial charge in [0.25, 0.3) is 0 Å². The topological polar surface area (TPSA) is 43.3 Å². The first kappa shape index (κ1) is 13.6. The molecule has 0 fully saturated rings. The molecule has 2 aromatic heterocycles. The maximum atomic E-state index is 5.78. The van der Waals surface area contributed by atoms with Crippen molar-refractivity contribution in [2.45, 2.75) is 52.9 Å². The van der Waals surface area contributed by atoms with Crippen LogP contribution in [0.2, 0.25) is 0 Å². The van der Waals surface area contributed by atoms with E-state index in [1.54, 1.807) is 11.3 Å². The summed E-state index contributed by atoms with van der Waals surface area (Å²) in [6.07, 6.45) is 1.94. The van der Waals surface area contributed by atoms with Crippen LogP contribution in [0, 0.1) is 6.92 Å². The molecule has 0 amide bonds. The molecule has 0 radical (unpaired) electrons. The van der Waals surface area contributed by atoms with Gasteiger partial charge in [0.15, 0.2) is 4.96 Å². The normalized spacial score (nSPS) is 12.6. The van der Waals surface area contributed by atoms with Crippen LogP contribution in [0.4, 0.5) is 0 Å². The zero-order valence-corrected chi connectivity index (χ0v) is 12.8. The summed E-state index contributed by atoms with van der Waals surface area (Å²) in [6.45, 7) is 11.7. The number of rotatable bonds is 3. The Balaban J connectivity index is 2.75. The number of hydrogen-bond acceptors (Lipinski definition) is 3. The van der Waals surface area contributed by atoms with Crippen LogP contribution in [-0.4, -0.2) is 15.9 Å². The molecule has 18 heavy (non-hydrogen) atoms. The van der Waals surface area contributed by atoms with Crippen molar-refractivity contribution >= 4 is 16.3 Å². The molecule has 0 aliphatic heterocycles. The lowest BCUT2D eigenvalue weighted by molar-refractivity contribution is 0.563. The Morgan fingerprint density at radius 1 is 1.28 bits per heavy atom. The molecule has 0 aromatic carbocycles. The highest BCUT2D eigenvalue weighted by Gasteiger charge is 2.25. The van der Waals surface area contributed by atoms with Crippen LogP contribution in [-0.2, 0) is 18.3 Å². The van der Waals surface area contributed by atoms with Gasteiger partial charge in [-0.2, -0.15) is 0 Å². The van der Waals surface area contributed by atoms with Gasteiger partial charge < -0.3 is 5.73 Å². The number of thiazole rings is 1. The number of nitrogens with zero attached hydrogens (tertiary/aromatic N) is 2. The van der Waals surface area contributed by atoms with Gasteiger partial charge in [-0.1, -0.05) is 27.7 Å². The molecule has 0 bridgehead atoms. The summed E-state index contributed by atoms with van der Waals surface area (Å²) >= 11 is 1.79. The second-order valence-electron chi connectivity index (χ2n) is 5.77. The Bertz CT molecular complexity index is 558. The fraction of sp³-hybridized carbons (Fsp3) is 0.643. The smallest absolute Gasteiger partial charge is 0.194 e. The monoisotopic (exact) mass is 265 g/mol. The van der Waals surface area contributed by atoms with Crippen LogP contribution in [0.25, 0.3) is 4.96 Å². The molecule has 0 unspecified atom stereocenters. The molecule has 100 valence electrons. The van der Waals surface area contributed by atoms with Gasteiger partial charge in [-0.05, 0) is 19.9 Å². The number of imidazole rings is 1. The third kappa shape index (κ3) is 2.08. The van der Waals surface area contributed by atoms with Crippen molar-refractivity contribution in [2.24, 2.45) is 5.73 Å². The maximum Gasteiger partial charge on any atom is 0.194 e. The van der Waals surface area contributed by atoms with Gasteiger partial charge in [-0.3, -0.25) is 4.40 Å². The highest BCUT2D eigenvalue weighted by molar-refractivity contribution is 7.17. The van der Waals surface area contributed by atoms with E-state index in [4.69, 9.17) is 10.7 Å². The van der Waals surface area contributed by atoms with Gasteiger partial charge in [0.1, 0.15) is 0 Å². The number of aryl methyl sites for hydroxylation is 2. The van der Waals surface area contributed by atoms with E-state index >= 15 is 0 Å². The van der Waals surface area contributed by atoms with Crippen LogP contribution < -0.4 is 5.73 Å². The average molecular weight is 265 g/mol. The van der Waals surface area contributed by atoms with E-state index in [9.17, 15) is 0 Å². The molecular formula is C14H23N3S. The van der Waals surface area contributed by atoms with Gasteiger partial charge in [0.2, 0.25) is 0 Å². The zero-order chi connectivity index (χ0) is 13.5. The van der Waals surface area contributed by atoms with E-state index < -0.39 is 0 Å². The van der Waals surface area contributed by atoms with Crippen molar-refractivity contribution in [3.63, 3.8) is 0 Å². The zero-order valence-electron chi connectivity index (χ0n) is 12.0. The molecule has 4 heteroatoms. The molecule has 0 spiro atoms. The van der Waals surface area contributed by atoms with Crippen molar-refractivity contribution in [2.75, 3.05) is 6.54 Å². The third-order valence-corrected chi connectivity index (χ3v) is 4.29. The molecule has 0 saturated heterocycles. The first-order valence-corrected chi connectivity index (χ1v) is 7.42. The predicted molar refractivity (Wildman–Crippen MR) is 78.6 cm³/mol. The van der Waals surface area contributed by atoms with E-state index in [1.807, 2.05) is 0 Å². The van der Waals surface area contributed by atoms with E-state index in [2.05, 4.69) is 39.0 Å². The van der Waals surface area contributed by atoms with Gasteiger partial charge in [-0.15, -0.1) is 11.3 Å². The summed E-state index contributed by atoms with van der Waals surface area (Å²) in [6, 6.07) is 0. The molecule has 2 aromatic rings. The Labute approximate surface area is 113 Å². The van der Waals surface area contributed by atoms with Crippen molar-refractivity contribution in [3.05, 3.63) is 22.0 Å². The minimum Gasteiger partial charge on any atom is -0.330 e. The molecular weight excluding hydrogens is 242 g/mol. The van der Waals surface area contributed by atoms with E-state index in [0.29, 0.717) is 6.54 Å². The molecule has 0 saturated carbocycles. The molecule has 2 N–H and O–H groups in total. The van der Waals surface area contributed by atoms with Crippen LogP contribution >= 0.6 is 11.3 Å². The Morgan fingerprint density at radius 2 is 1.94 bits per heavy atom. The summed E-state index contributed by atoms with van der Waals surface area (Å²) in [5.74, 6) is 0. The molecule has 2 rings (SSSR count). The van der Waals surface area contributed by atoms with Crippen molar-refractivity contribution in [1.82, 2.24) is 9.38 Å². The SMILES string of the molecule is CCc1c(C)sc2nc(C(C)(C)C)c(CCN)n12. The summed E-state index contributed by atoms with van der Waals surface area (Å²) in [5, 5.41) is 0. The molecule has 3 nitrogen and oxygen atoms in total. The largest absolute Gasteiger partial charge is 0.330 e. The van der Waals surface area contributed by atoms with Gasteiger partial charge in [0, 0.05) is 28.1 Å². The van der Waals surface area contributed by atoms with E-state index in [0.717, 1.165) is 17.8 Å². The van der Waals surface area contributed by atoms with Crippen LogP contribution in [0.5, 0.6) is 0 Å². The lowest BCUT2D eigenvalue weighted by atomic mass is 9.90. The first-order valence-electron chi connectivity index (χ1n) is 6.60. The quantitative estimate of drug-likeness (QED) is 0.927. The molecule has 0 aliphatic carbocycles. The third-order valence-electron chi connectivity index (χ3n) is 3.29. The Morgan fingerprint density at radius 3 is 2.44 bits per heavy atom. The minimum atomic E-state index is 0.0785. The highest BCUT2D eigenvalue weighted by atomic mass is 32.1. The number of nitrogens with two attached hydrogens (primary N) is 1. The summed E-state index contributed by atoms with van der Waals surface area (Å²) in [5.41, 5.74) is 9.76. The fourth-order valence-electron chi connectivity index (χ4n) is 2.51. The summed E-state index contributed by atoms with van der Waals surface area (Å²) in [4.78, 5) is 7.35. The standard InChI is InChI=1S/C14H23N3S/c1-6-10-9(2)18-13-16-12(14(3,4)5)11(7-8-15)17(10)13/h6-8,15H2,1-5H3. The lowest BCUT2D eigenvalue weighted by Crippen LogP contribution is -2.17. The van der Waals surface area contributed by atoms with Gasteiger partial charge in [-0.25, -0.2) is 4.98 Å². The van der Waals surface area contributed by atoms with E-state index in [-0.39, 0.29) is 5.41 Å². The molecule has 0 atom stereocenters. The van der Waals surface area contributed by atoms with Crippen LogP contribution in [0.1, 0.15) is 49.7 Å². The van der Waals surface area contributed by atoms with Crippen LogP contribution in [0.15, 0.2) is 0 Å². The number of hydrogen-bond donors (Lipinski definition) is 1. The Hall–Kier alpha value is -0.870. The first-order chi connectivity index (χ1) is 8.40. The average Bonchev–Trinajstić information content (AvgIpc) is 2.74. The molecule has 2 heterocycles. The van der Waals surface area contributed by atoms with Gasteiger partial charge >= 0.3 is 0 Å². The van der Waals surface area contributed by atoms with Gasteiger partial charge in [0.05, 0.1) is 5.69 Å². The highest BCUT2D eigenvalue weighted by Crippen LogP contribution is 2.32. The van der Waals surface area contributed by atoms with E-state index in [1.165, 1.54) is 22.0 Å². The number of fused-ring (bicyclic) bond motifs is 1. The van der Waals surface area contributed by atoms with Crippen molar-refractivity contribution in [1.29, 1.82) is 0 Å². The Kier molecular flexibility index (Phi) is 3.52.